The molecule has 0 aliphatic rings. The Bertz CT molecular complexity index is 337. The fourth-order valence-electron chi connectivity index (χ4n) is 1.18. The lowest BCUT2D eigenvalue weighted by Gasteiger charge is -2.13. The molecule has 3 nitrogen and oxygen atoms in total. The van der Waals surface area contributed by atoms with E-state index in [1.165, 1.54) is 0 Å². The summed E-state index contributed by atoms with van der Waals surface area (Å²) in [5.41, 5.74) is 0.509. The summed E-state index contributed by atoms with van der Waals surface area (Å²) in [7, 11) is 0. The molecule has 1 aromatic rings. The van der Waals surface area contributed by atoms with E-state index >= 15 is 0 Å². The van der Waals surface area contributed by atoms with Crippen molar-refractivity contribution in [1.82, 2.24) is 5.32 Å². The minimum Gasteiger partial charge on any atom is -0.394 e. The zero-order valence-electron chi connectivity index (χ0n) is 8.53. The summed E-state index contributed by atoms with van der Waals surface area (Å²) in [6, 6.07) is 6.52. The maximum atomic E-state index is 11.6. The van der Waals surface area contributed by atoms with Gasteiger partial charge in [-0.05, 0) is 24.6 Å². The fourth-order valence-corrected chi connectivity index (χ4v) is 1.37. The van der Waals surface area contributed by atoms with Crippen LogP contribution in [0.25, 0.3) is 0 Å². The van der Waals surface area contributed by atoms with Crippen molar-refractivity contribution in [2.24, 2.45) is 0 Å². The highest BCUT2D eigenvalue weighted by molar-refractivity contribution is 6.30. The second-order valence-electron chi connectivity index (χ2n) is 3.27. The molecule has 0 bridgehead atoms. The lowest BCUT2D eigenvalue weighted by Crippen LogP contribution is -2.36. The largest absolute Gasteiger partial charge is 0.394 e. The number of carbonyl (C=O) groups excluding carboxylic acids is 1. The van der Waals surface area contributed by atoms with Crippen molar-refractivity contribution in [3.8, 4) is 0 Å². The first kappa shape index (κ1) is 12.0. The van der Waals surface area contributed by atoms with Crippen molar-refractivity contribution in [3.63, 3.8) is 0 Å². The van der Waals surface area contributed by atoms with Crippen molar-refractivity contribution in [2.45, 2.75) is 19.4 Å². The van der Waals surface area contributed by atoms with E-state index in [0.29, 0.717) is 17.0 Å². The predicted molar refractivity (Wildman–Crippen MR) is 60.1 cm³/mol. The van der Waals surface area contributed by atoms with Crippen LogP contribution < -0.4 is 5.32 Å². The first-order chi connectivity index (χ1) is 7.17. The van der Waals surface area contributed by atoms with Crippen molar-refractivity contribution >= 4 is 17.5 Å². The highest BCUT2D eigenvalue weighted by Gasteiger charge is 2.10. The molecule has 0 aromatic heterocycles. The summed E-state index contributed by atoms with van der Waals surface area (Å²) in [5.74, 6) is -0.210. The average Bonchev–Trinajstić information content (AvgIpc) is 2.25. The number of hydrogen-bond donors (Lipinski definition) is 2. The number of carbonyl (C=O) groups is 1. The molecule has 82 valence electrons. The van der Waals surface area contributed by atoms with E-state index in [1.54, 1.807) is 24.3 Å². The van der Waals surface area contributed by atoms with Gasteiger partial charge in [0, 0.05) is 10.6 Å². The molecule has 1 aromatic carbocycles. The number of halogens is 1. The molecule has 4 heteroatoms. The maximum Gasteiger partial charge on any atom is 0.251 e. The van der Waals surface area contributed by atoms with Gasteiger partial charge in [0.1, 0.15) is 0 Å². The maximum absolute atomic E-state index is 11.6. The summed E-state index contributed by atoms with van der Waals surface area (Å²) in [6.07, 6.45) is 0.697. The van der Waals surface area contributed by atoms with Crippen LogP contribution in [0.2, 0.25) is 5.02 Å². The second-order valence-corrected chi connectivity index (χ2v) is 3.71. The fraction of sp³-hybridized carbons (Fsp3) is 0.364. The zero-order valence-corrected chi connectivity index (χ0v) is 9.29. The predicted octanol–water partition coefficient (Wildman–Crippen LogP) is 1.84. The van der Waals surface area contributed by atoms with Crippen molar-refractivity contribution in [2.75, 3.05) is 6.61 Å². The van der Waals surface area contributed by atoms with Gasteiger partial charge in [0.25, 0.3) is 5.91 Å². The molecular formula is C11H14ClNO2. The van der Waals surface area contributed by atoms with Crippen molar-refractivity contribution in [3.05, 3.63) is 34.9 Å². The van der Waals surface area contributed by atoms with Crippen LogP contribution in [0, 0.1) is 0 Å². The van der Waals surface area contributed by atoms with Crippen LogP contribution in [-0.4, -0.2) is 23.7 Å². The zero-order chi connectivity index (χ0) is 11.3. The molecule has 0 saturated heterocycles. The molecule has 0 heterocycles. The molecule has 1 atom stereocenters. The van der Waals surface area contributed by atoms with Crippen LogP contribution in [-0.2, 0) is 0 Å². The third-order valence-corrected chi connectivity index (χ3v) is 2.37. The Morgan fingerprint density at radius 1 is 1.60 bits per heavy atom. The normalized spacial score (nSPS) is 12.2. The highest BCUT2D eigenvalue weighted by atomic mass is 35.5. The van der Waals surface area contributed by atoms with Gasteiger partial charge in [-0.2, -0.15) is 0 Å². The van der Waals surface area contributed by atoms with E-state index in [0.717, 1.165) is 0 Å². The van der Waals surface area contributed by atoms with Gasteiger partial charge in [-0.25, -0.2) is 0 Å². The smallest absolute Gasteiger partial charge is 0.251 e. The van der Waals surface area contributed by atoms with Crippen molar-refractivity contribution < 1.29 is 9.90 Å². The number of rotatable bonds is 4. The number of amides is 1. The van der Waals surface area contributed by atoms with Crippen LogP contribution in [0.5, 0.6) is 0 Å². The van der Waals surface area contributed by atoms with E-state index in [1.807, 2.05) is 6.92 Å². The molecule has 0 unspecified atom stereocenters. The van der Waals surface area contributed by atoms with Gasteiger partial charge >= 0.3 is 0 Å². The minimum atomic E-state index is -0.210. The van der Waals surface area contributed by atoms with Gasteiger partial charge in [0.15, 0.2) is 0 Å². The molecule has 15 heavy (non-hydrogen) atoms. The summed E-state index contributed by atoms with van der Waals surface area (Å²) in [6.45, 7) is 1.85. The lowest BCUT2D eigenvalue weighted by molar-refractivity contribution is 0.0915. The van der Waals surface area contributed by atoms with Gasteiger partial charge in [-0.15, -0.1) is 0 Å². The monoisotopic (exact) mass is 227 g/mol. The Hall–Kier alpha value is -1.06. The quantitative estimate of drug-likeness (QED) is 0.825. The topological polar surface area (TPSA) is 49.3 Å². The Morgan fingerprint density at radius 3 is 2.87 bits per heavy atom. The van der Waals surface area contributed by atoms with Gasteiger partial charge in [-0.3, -0.25) is 4.79 Å². The molecule has 2 N–H and O–H groups in total. The molecule has 1 rings (SSSR count). The Kier molecular flexibility index (Phi) is 4.59. The first-order valence-corrected chi connectivity index (χ1v) is 5.22. The molecule has 0 aliphatic heterocycles. The second kappa shape index (κ2) is 5.73. The number of aliphatic hydroxyl groups excluding tert-OH is 1. The Balaban J connectivity index is 2.68. The van der Waals surface area contributed by atoms with Crippen LogP contribution in [0.1, 0.15) is 23.7 Å². The summed E-state index contributed by atoms with van der Waals surface area (Å²) >= 11 is 5.76. The van der Waals surface area contributed by atoms with Gasteiger partial charge < -0.3 is 10.4 Å². The summed E-state index contributed by atoms with van der Waals surface area (Å²) < 4.78 is 0. The Labute approximate surface area is 94.1 Å². The SMILES string of the molecule is CC[C@@H](CO)NC(=O)c1cccc(Cl)c1. The van der Waals surface area contributed by atoms with Crippen LogP contribution in [0.15, 0.2) is 24.3 Å². The van der Waals surface area contributed by atoms with E-state index < -0.39 is 0 Å². The van der Waals surface area contributed by atoms with E-state index in [2.05, 4.69) is 5.32 Å². The van der Waals surface area contributed by atoms with E-state index in [9.17, 15) is 4.79 Å². The first-order valence-electron chi connectivity index (χ1n) is 4.84. The molecule has 1 amide bonds. The third kappa shape index (κ3) is 3.53. The van der Waals surface area contributed by atoms with Crippen LogP contribution in [0.4, 0.5) is 0 Å². The lowest BCUT2D eigenvalue weighted by atomic mass is 10.2. The number of hydrogen-bond acceptors (Lipinski definition) is 2. The van der Waals surface area contributed by atoms with Crippen LogP contribution >= 0.6 is 11.6 Å². The average molecular weight is 228 g/mol. The van der Waals surface area contributed by atoms with Crippen LogP contribution in [0.3, 0.4) is 0 Å². The van der Waals surface area contributed by atoms with Gasteiger partial charge in [0.2, 0.25) is 0 Å². The minimum absolute atomic E-state index is 0.0528. The summed E-state index contributed by atoms with van der Waals surface area (Å²) in [4.78, 5) is 11.6. The number of aliphatic hydroxyl groups is 1. The molecule has 0 saturated carbocycles. The summed E-state index contributed by atoms with van der Waals surface area (Å²) in [5, 5.41) is 12.2. The molecule has 0 aliphatic carbocycles. The number of nitrogens with one attached hydrogen (secondary N) is 1. The third-order valence-electron chi connectivity index (χ3n) is 2.14. The van der Waals surface area contributed by atoms with Gasteiger partial charge in [0.05, 0.1) is 12.6 Å². The molecule has 0 radical (unpaired) electrons. The molecule has 0 fully saturated rings. The number of benzene rings is 1. The standard InChI is InChI=1S/C11H14ClNO2/c1-2-10(7-14)13-11(15)8-4-3-5-9(12)6-8/h3-6,10,14H,2,7H2,1H3,(H,13,15)/t10-/m0/s1. The van der Waals surface area contributed by atoms with Crippen molar-refractivity contribution in [1.29, 1.82) is 0 Å². The van der Waals surface area contributed by atoms with E-state index in [4.69, 9.17) is 16.7 Å². The molecule has 0 spiro atoms. The molecular weight excluding hydrogens is 214 g/mol. The Morgan fingerprint density at radius 2 is 2.33 bits per heavy atom. The van der Waals surface area contributed by atoms with E-state index in [-0.39, 0.29) is 18.6 Å². The van der Waals surface area contributed by atoms with Gasteiger partial charge in [-0.1, -0.05) is 24.6 Å². The highest BCUT2D eigenvalue weighted by Crippen LogP contribution is 2.10.